The number of aliphatic imine (C=N–C) groups is 1. The molecule has 3 rings (SSSR count). The highest BCUT2D eigenvalue weighted by molar-refractivity contribution is 9.10. The van der Waals surface area contributed by atoms with Crippen LogP contribution in [0.15, 0.2) is 51.9 Å². The van der Waals surface area contributed by atoms with E-state index in [2.05, 4.69) is 31.6 Å². The lowest BCUT2D eigenvalue weighted by Crippen LogP contribution is -2.45. The highest BCUT2D eigenvalue weighted by Gasteiger charge is 2.37. The van der Waals surface area contributed by atoms with E-state index in [4.69, 9.17) is 21.7 Å². The van der Waals surface area contributed by atoms with Gasteiger partial charge in [-0.05, 0) is 49.5 Å². The number of para-hydroxylation sites is 1. The number of amides is 1. The Morgan fingerprint density at radius 2 is 1.89 bits per heavy atom. The fourth-order valence-corrected chi connectivity index (χ4v) is 3.76. The van der Waals surface area contributed by atoms with Gasteiger partial charge in [-0.25, -0.2) is 4.99 Å². The summed E-state index contributed by atoms with van der Waals surface area (Å²) in [6, 6.07) is 12.5. The molecule has 1 heterocycles. The number of nitrogens with zero attached hydrogens (tertiary/aromatic N) is 1. The molecule has 6 nitrogen and oxygen atoms in total. The molecule has 8 heteroatoms. The smallest absolute Gasteiger partial charge is 0.235 e. The van der Waals surface area contributed by atoms with Gasteiger partial charge in [-0.1, -0.05) is 28.1 Å². The standard InChI is InChI=1S/C20H20BrN3O3S/c1-11-16(19(25)23-13-9-7-12(21)8-10-13)17(24-20(28)22-11)14-5-4-6-15(26-2)18(14)27-3/h4-10,16-17H,1-3H3,(H,23,25)(H,24,28). The van der Waals surface area contributed by atoms with Gasteiger partial charge in [-0.3, -0.25) is 4.79 Å². The number of carbonyl (C=O) groups is 1. The Morgan fingerprint density at radius 1 is 1.18 bits per heavy atom. The van der Waals surface area contributed by atoms with E-state index in [1.165, 1.54) is 0 Å². The average molecular weight is 462 g/mol. The Bertz CT molecular complexity index is 931. The summed E-state index contributed by atoms with van der Waals surface area (Å²) < 4.78 is 11.9. The van der Waals surface area contributed by atoms with Gasteiger partial charge in [0.2, 0.25) is 5.91 Å². The maximum absolute atomic E-state index is 13.1. The van der Waals surface area contributed by atoms with Gasteiger partial charge < -0.3 is 20.1 Å². The predicted molar refractivity (Wildman–Crippen MR) is 117 cm³/mol. The zero-order chi connectivity index (χ0) is 20.3. The van der Waals surface area contributed by atoms with Crippen LogP contribution < -0.4 is 20.1 Å². The van der Waals surface area contributed by atoms with Crippen molar-refractivity contribution in [1.29, 1.82) is 0 Å². The second-order valence-corrected chi connectivity index (χ2v) is 7.54. The lowest BCUT2D eigenvalue weighted by molar-refractivity contribution is -0.118. The molecule has 2 unspecified atom stereocenters. The summed E-state index contributed by atoms with van der Waals surface area (Å²) in [4.78, 5) is 17.5. The molecule has 2 aromatic carbocycles. The van der Waals surface area contributed by atoms with Gasteiger partial charge in [0, 0.05) is 21.4 Å². The van der Waals surface area contributed by atoms with Crippen LogP contribution in [-0.4, -0.2) is 31.0 Å². The SMILES string of the molecule is COc1cccc(C2NC(=S)N=C(C)C2C(=O)Nc2ccc(Br)cc2)c1OC. The maximum atomic E-state index is 13.1. The third-order valence-corrected chi connectivity index (χ3v) is 5.24. The van der Waals surface area contributed by atoms with Crippen molar-refractivity contribution in [2.45, 2.75) is 13.0 Å². The number of carbonyl (C=O) groups excluding carboxylic acids is 1. The van der Waals surface area contributed by atoms with E-state index in [1.54, 1.807) is 27.2 Å². The first-order chi connectivity index (χ1) is 13.4. The number of nitrogens with one attached hydrogen (secondary N) is 2. The van der Waals surface area contributed by atoms with E-state index in [1.807, 2.05) is 36.4 Å². The molecule has 0 bridgehead atoms. The van der Waals surface area contributed by atoms with Gasteiger partial charge in [0.15, 0.2) is 16.6 Å². The first kappa shape index (κ1) is 20.3. The lowest BCUT2D eigenvalue weighted by Gasteiger charge is -2.32. The maximum Gasteiger partial charge on any atom is 0.235 e. The largest absolute Gasteiger partial charge is 0.493 e. The predicted octanol–water partition coefficient (Wildman–Crippen LogP) is 4.11. The van der Waals surface area contributed by atoms with Crippen molar-refractivity contribution in [1.82, 2.24) is 5.32 Å². The molecule has 1 aliphatic rings. The van der Waals surface area contributed by atoms with E-state index >= 15 is 0 Å². The van der Waals surface area contributed by atoms with Gasteiger partial charge in [0.05, 0.1) is 20.3 Å². The molecule has 0 saturated carbocycles. The molecular weight excluding hydrogens is 442 g/mol. The second kappa shape index (κ2) is 8.70. The molecule has 0 aromatic heterocycles. The van der Waals surface area contributed by atoms with Crippen LogP contribution in [0, 0.1) is 5.92 Å². The molecule has 1 amide bonds. The molecule has 1 aliphatic heterocycles. The van der Waals surface area contributed by atoms with Crippen LogP contribution in [0.3, 0.4) is 0 Å². The zero-order valence-corrected chi connectivity index (χ0v) is 18.1. The fourth-order valence-electron chi connectivity index (χ4n) is 3.23. The van der Waals surface area contributed by atoms with E-state index in [0.717, 1.165) is 10.0 Å². The van der Waals surface area contributed by atoms with Crippen LogP contribution in [0.5, 0.6) is 11.5 Å². The quantitative estimate of drug-likeness (QED) is 0.655. The number of hydrogen-bond donors (Lipinski definition) is 2. The van der Waals surface area contributed by atoms with Crippen molar-refractivity contribution in [3.63, 3.8) is 0 Å². The summed E-state index contributed by atoms with van der Waals surface area (Å²) in [5, 5.41) is 6.44. The Hall–Kier alpha value is -2.45. The molecule has 2 aromatic rings. The molecule has 146 valence electrons. The van der Waals surface area contributed by atoms with E-state index in [-0.39, 0.29) is 5.91 Å². The Labute approximate surface area is 177 Å². The molecule has 0 saturated heterocycles. The lowest BCUT2D eigenvalue weighted by atomic mass is 9.87. The van der Waals surface area contributed by atoms with Gasteiger partial charge in [0.25, 0.3) is 0 Å². The molecule has 0 aliphatic carbocycles. The first-order valence-electron chi connectivity index (χ1n) is 8.57. The van der Waals surface area contributed by atoms with Crippen molar-refractivity contribution < 1.29 is 14.3 Å². The van der Waals surface area contributed by atoms with E-state index < -0.39 is 12.0 Å². The molecule has 28 heavy (non-hydrogen) atoms. The van der Waals surface area contributed by atoms with Crippen molar-refractivity contribution in [3.05, 3.63) is 52.5 Å². The molecule has 0 radical (unpaired) electrons. The monoisotopic (exact) mass is 461 g/mol. The number of hydrogen-bond acceptors (Lipinski definition) is 4. The molecule has 2 N–H and O–H groups in total. The number of rotatable bonds is 5. The summed E-state index contributed by atoms with van der Waals surface area (Å²) in [5.41, 5.74) is 2.10. The summed E-state index contributed by atoms with van der Waals surface area (Å²) in [6.45, 7) is 1.80. The summed E-state index contributed by atoms with van der Waals surface area (Å²) in [6.07, 6.45) is 0. The number of thiocarbonyl (C=S) groups is 1. The minimum atomic E-state index is -0.573. The van der Waals surface area contributed by atoms with Crippen molar-refractivity contribution in [3.8, 4) is 11.5 Å². The van der Waals surface area contributed by atoms with Crippen LogP contribution in [0.2, 0.25) is 0 Å². The third kappa shape index (κ3) is 4.18. The van der Waals surface area contributed by atoms with E-state index in [9.17, 15) is 4.79 Å². The van der Waals surface area contributed by atoms with Crippen molar-refractivity contribution in [2.24, 2.45) is 10.9 Å². The van der Waals surface area contributed by atoms with Crippen LogP contribution >= 0.6 is 28.1 Å². The molecule has 0 fully saturated rings. The molecule has 2 atom stereocenters. The number of methoxy groups -OCH3 is 2. The summed E-state index contributed by atoms with van der Waals surface area (Å²) >= 11 is 8.67. The Balaban J connectivity index is 1.99. The summed E-state index contributed by atoms with van der Waals surface area (Å²) in [7, 11) is 3.14. The van der Waals surface area contributed by atoms with Gasteiger partial charge in [0.1, 0.15) is 5.92 Å². The minimum absolute atomic E-state index is 0.187. The Kier molecular flexibility index (Phi) is 6.31. The third-order valence-electron chi connectivity index (χ3n) is 4.50. The Morgan fingerprint density at radius 3 is 2.54 bits per heavy atom. The average Bonchev–Trinajstić information content (AvgIpc) is 2.68. The van der Waals surface area contributed by atoms with Crippen LogP contribution in [-0.2, 0) is 4.79 Å². The van der Waals surface area contributed by atoms with Gasteiger partial charge in [-0.2, -0.15) is 0 Å². The van der Waals surface area contributed by atoms with Gasteiger partial charge in [-0.15, -0.1) is 0 Å². The molecule has 0 spiro atoms. The topological polar surface area (TPSA) is 72.0 Å². The van der Waals surface area contributed by atoms with Gasteiger partial charge >= 0.3 is 0 Å². The van der Waals surface area contributed by atoms with Crippen LogP contribution in [0.4, 0.5) is 5.69 Å². The number of ether oxygens (including phenoxy) is 2. The fraction of sp³-hybridized carbons (Fsp3) is 0.250. The highest BCUT2D eigenvalue weighted by Crippen LogP contribution is 2.39. The molecular formula is C20H20BrN3O3S. The number of anilines is 1. The van der Waals surface area contributed by atoms with Crippen LogP contribution in [0.1, 0.15) is 18.5 Å². The second-order valence-electron chi connectivity index (χ2n) is 6.24. The van der Waals surface area contributed by atoms with Crippen molar-refractivity contribution in [2.75, 3.05) is 19.5 Å². The summed E-state index contributed by atoms with van der Waals surface area (Å²) in [5.74, 6) is 0.381. The zero-order valence-electron chi connectivity index (χ0n) is 15.7. The minimum Gasteiger partial charge on any atom is -0.493 e. The number of halogens is 1. The van der Waals surface area contributed by atoms with E-state index in [0.29, 0.717) is 28.0 Å². The highest BCUT2D eigenvalue weighted by atomic mass is 79.9. The normalized spacial score (nSPS) is 18.7. The van der Waals surface area contributed by atoms with Crippen LogP contribution in [0.25, 0.3) is 0 Å². The van der Waals surface area contributed by atoms with Crippen molar-refractivity contribution >= 4 is 50.6 Å². The first-order valence-corrected chi connectivity index (χ1v) is 9.77. The number of benzene rings is 2.